The molecule has 59 heavy (non-hydrogen) atoms. The second-order valence-corrected chi connectivity index (χ2v) is 16.4. The average Bonchev–Trinajstić information content (AvgIpc) is 3.19. The van der Waals surface area contributed by atoms with Crippen LogP contribution in [0.15, 0.2) is 134 Å². The summed E-state index contributed by atoms with van der Waals surface area (Å²) in [7, 11) is 1.56. The van der Waals surface area contributed by atoms with E-state index >= 15 is 0 Å². The van der Waals surface area contributed by atoms with Crippen LogP contribution in [0.25, 0.3) is 0 Å². The number of rotatable bonds is 38. The van der Waals surface area contributed by atoms with Gasteiger partial charge in [0.05, 0.1) is 40.8 Å². The number of likely N-dealkylation sites (N-methyl/N-ethyl adjacent to an activating group) is 1. The zero-order valence-corrected chi connectivity index (χ0v) is 38.3. The molecule has 0 rings (SSSR count). The first kappa shape index (κ1) is 55.6. The SMILES string of the molecule is CC/C=C\C/C=C\C/C=C\C/C=C\C/C=C\C/C=C\CCCCCOCC(COP(=O)(O)OCC[N+](C)(C)C)OC(=O)C/C=C\C/C=C\C/C=C\C/C=C\C/C=C\CC. The molecule has 0 aromatic heterocycles. The van der Waals surface area contributed by atoms with Crippen molar-refractivity contribution in [2.75, 3.05) is 54.1 Å². The van der Waals surface area contributed by atoms with Gasteiger partial charge in [-0.2, -0.15) is 0 Å². The highest BCUT2D eigenvalue weighted by atomic mass is 31.2. The van der Waals surface area contributed by atoms with E-state index in [1.165, 1.54) is 0 Å². The van der Waals surface area contributed by atoms with Crippen LogP contribution < -0.4 is 0 Å². The number of esters is 1. The monoisotopic (exact) mass is 839 g/mol. The van der Waals surface area contributed by atoms with Crippen molar-refractivity contribution in [1.82, 2.24) is 0 Å². The molecule has 2 atom stereocenters. The van der Waals surface area contributed by atoms with Crippen molar-refractivity contribution in [1.29, 1.82) is 0 Å². The molecule has 0 saturated heterocycles. The summed E-state index contributed by atoms with van der Waals surface area (Å²) in [6, 6.07) is 0. The van der Waals surface area contributed by atoms with Crippen LogP contribution in [0.4, 0.5) is 0 Å². The lowest BCUT2D eigenvalue weighted by Crippen LogP contribution is -2.37. The maximum atomic E-state index is 12.6. The fourth-order valence-electron chi connectivity index (χ4n) is 4.92. The van der Waals surface area contributed by atoms with Gasteiger partial charge >= 0.3 is 13.8 Å². The Bertz CT molecular complexity index is 1390. The van der Waals surface area contributed by atoms with Gasteiger partial charge in [0.2, 0.25) is 0 Å². The quantitative estimate of drug-likeness (QED) is 0.0218. The molecule has 2 unspecified atom stereocenters. The lowest BCUT2D eigenvalue weighted by molar-refractivity contribution is -0.870. The van der Waals surface area contributed by atoms with E-state index in [4.69, 9.17) is 18.5 Å². The normalized spacial score (nSPS) is 15.0. The molecule has 1 N–H and O–H groups in total. The number of carbonyl (C=O) groups is 1. The van der Waals surface area contributed by atoms with Crippen LogP contribution in [0.2, 0.25) is 0 Å². The number of ether oxygens (including phenoxy) is 2. The van der Waals surface area contributed by atoms with E-state index in [0.717, 1.165) is 89.9 Å². The molecule has 0 aromatic carbocycles. The van der Waals surface area contributed by atoms with Gasteiger partial charge in [0.25, 0.3) is 0 Å². The van der Waals surface area contributed by atoms with E-state index in [0.29, 0.717) is 24.1 Å². The fraction of sp³-hybridized carbons (Fsp3) is 0.540. The highest BCUT2D eigenvalue weighted by Gasteiger charge is 2.26. The summed E-state index contributed by atoms with van der Waals surface area (Å²) >= 11 is 0. The van der Waals surface area contributed by atoms with Crippen LogP contribution in [-0.4, -0.2) is 75.6 Å². The van der Waals surface area contributed by atoms with Gasteiger partial charge in [0.1, 0.15) is 19.3 Å². The number of unbranched alkanes of at least 4 members (excludes halogenated alkanes) is 3. The highest BCUT2D eigenvalue weighted by molar-refractivity contribution is 7.47. The van der Waals surface area contributed by atoms with Crippen LogP contribution in [-0.2, 0) is 27.9 Å². The zero-order chi connectivity index (χ0) is 43.4. The van der Waals surface area contributed by atoms with Crippen LogP contribution in [0.5, 0.6) is 0 Å². The molecular weight excluding hydrogens is 758 g/mol. The molecule has 8 nitrogen and oxygen atoms in total. The van der Waals surface area contributed by atoms with Gasteiger partial charge in [-0.05, 0) is 89.9 Å². The average molecular weight is 839 g/mol. The molecule has 332 valence electrons. The summed E-state index contributed by atoms with van der Waals surface area (Å²) in [6.45, 7) is 5.11. The summed E-state index contributed by atoms with van der Waals surface area (Å²) in [5, 5.41) is 0. The number of carbonyl (C=O) groups excluding carboxylic acids is 1. The Morgan fingerprint density at radius 2 is 0.932 bits per heavy atom. The molecule has 0 spiro atoms. The summed E-state index contributed by atoms with van der Waals surface area (Å²) in [5.74, 6) is -0.460. The predicted molar refractivity (Wildman–Crippen MR) is 251 cm³/mol. The van der Waals surface area contributed by atoms with Gasteiger partial charge < -0.3 is 18.9 Å². The van der Waals surface area contributed by atoms with E-state index in [-0.39, 0.29) is 26.2 Å². The van der Waals surface area contributed by atoms with Gasteiger partial charge in [0, 0.05) is 6.61 Å². The Balaban J connectivity index is 4.45. The standard InChI is InChI=1S/C50H80NO7P/c1-6-8-10-12-14-16-18-20-22-23-24-25-26-27-28-30-32-34-36-38-40-42-45-55-47-49(48-57-59(53,54)56-46-44-51(3,4)5)58-50(52)43-41-39-37-35-33-31-29-21-19-17-15-13-11-9-7-2/h8-11,14-17,20-22,24-25,27-29,32-35,39,41,49H,6-7,12-13,18-19,23,26,30-31,36-38,40,42-48H2,1-5H3/p+1/b10-8-,11-9-,16-14-,17-15-,22-20-,25-24-,28-27-,29-21-,34-32-,35-33-,41-39-. The third-order valence-corrected chi connectivity index (χ3v) is 9.22. The van der Waals surface area contributed by atoms with Gasteiger partial charge in [-0.1, -0.05) is 154 Å². The van der Waals surface area contributed by atoms with Gasteiger partial charge in [-0.25, -0.2) is 4.57 Å². The van der Waals surface area contributed by atoms with Crippen molar-refractivity contribution >= 4 is 13.8 Å². The van der Waals surface area contributed by atoms with E-state index in [1.54, 1.807) is 6.08 Å². The molecule has 0 saturated carbocycles. The van der Waals surface area contributed by atoms with E-state index in [9.17, 15) is 14.3 Å². The Kier molecular flexibility index (Phi) is 39.0. The minimum atomic E-state index is -4.32. The van der Waals surface area contributed by atoms with Crippen molar-refractivity contribution < 1.29 is 37.3 Å². The molecule has 0 aromatic rings. The summed E-state index contributed by atoms with van der Waals surface area (Å²) in [4.78, 5) is 22.8. The van der Waals surface area contributed by atoms with Crippen LogP contribution in [0.1, 0.15) is 117 Å². The first-order valence-corrected chi connectivity index (χ1v) is 23.4. The van der Waals surface area contributed by atoms with Crippen LogP contribution in [0, 0.1) is 0 Å². The Morgan fingerprint density at radius 3 is 1.36 bits per heavy atom. The molecule has 0 aliphatic carbocycles. The molecule has 9 heteroatoms. The third kappa shape index (κ3) is 45.6. The number of allylic oxidation sites excluding steroid dienone is 21. The van der Waals surface area contributed by atoms with Gasteiger partial charge in [-0.3, -0.25) is 13.8 Å². The van der Waals surface area contributed by atoms with Crippen molar-refractivity contribution in [3.63, 3.8) is 0 Å². The molecule has 0 heterocycles. The molecule has 0 radical (unpaired) electrons. The number of phosphoric acid groups is 1. The Hall–Kier alpha value is -3.36. The molecule has 0 aliphatic rings. The van der Waals surface area contributed by atoms with Gasteiger partial charge in [0.15, 0.2) is 0 Å². The number of quaternary nitrogens is 1. The Morgan fingerprint density at radius 1 is 0.525 bits per heavy atom. The summed E-state index contributed by atoms with van der Waals surface area (Å²) < 4.78 is 34.8. The molecular formula is C50H81NO7P+. The lowest BCUT2D eigenvalue weighted by Gasteiger charge is -2.24. The van der Waals surface area contributed by atoms with Crippen molar-refractivity contribution in [3.05, 3.63) is 134 Å². The molecule has 0 bridgehead atoms. The first-order chi connectivity index (χ1) is 28.6. The summed E-state index contributed by atoms with van der Waals surface area (Å²) in [6.07, 6.45) is 61.0. The first-order valence-electron chi connectivity index (χ1n) is 21.9. The summed E-state index contributed by atoms with van der Waals surface area (Å²) in [5.41, 5.74) is 0. The topological polar surface area (TPSA) is 91.3 Å². The molecule has 0 fully saturated rings. The highest BCUT2D eigenvalue weighted by Crippen LogP contribution is 2.43. The van der Waals surface area contributed by atoms with Gasteiger partial charge in [-0.15, -0.1) is 0 Å². The maximum absolute atomic E-state index is 12.6. The minimum absolute atomic E-state index is 0.0564. The predicted octanol–water partition coefficient (Wildman–Crippen LogP) is 13.2. The second kappa shape index (κ2) is 41.4. The fourth-order valence-corrected chi connectivity index (χ4v) is 5.66. The third-order valence-electron chi connectivity index (χ3n) is 8.24. The largest absolute Gasteiger partial charge is 0.472 e. The smallest absolute Gasteiger partial charge is 0.457 e. The lowest BCUT2D eigenvalue weighted by atomic mass is 10.2. The van der Waals surface area contributed by atoms with Crippen LogP contribution in [0.3, 0.4) is 0 Å². The maximum Gasteiger partial charge on any atom is 0.472 e. The van der Waals surface area contributed by atoms with Crippen molar-refractivity contribution in [2.24, 2.45) is 0 Å². The minimum Gasteiger partial charge on any atom is -0.457 e. The van der Waals surface area contributed by atoms with E-state index in [1.807, 2.05) is 27.2 Å². The number of hydrogen-bond acceptors (Lipinski definition) is 6. The van der Waals surface area contributed by atoms with E-state index in [2.05, 4.69) is 135 Å². The number of phosphoric ester groups is 1. The Labute approximate surface area is 360 Å². The van der Waals surface area contributed by atoms with Crippen molar-refractivity contribution in [3.8, 4) is 0 Å². The van der Waals surface area contributed by atoms with Crippen LogP contribution >= 0.6 is 7.82 Å². The number of nitrogens with zero attached hydrogens (tertiary/aromatic N) is 1. The second-order valence-electron chi connectivity index (χ2n) is 15.0. The van der Waals surface area contributed by atoms with E-state index < -0.39 is 19.9 Å². The molecule has 0 aliphatic heterocycles. The zero-order valence-electron chi connectivity index (χ0n) is 37.4. The number of hydrogen-bond donors (Lipinski definition) is 1. The molecule has 0 amide bonds. The van der Waals surface area contributed by atoms with Crippen molar-refractivity contribution in [2.45, 2.75) is 123 Å².